The fourth-order valence-electron chi connectivity index (χ4n) is 1.56. The molecule has 0 aliphatic carbocycles. The summed E-state index contributed by atoms with van der Waals surface area (Å²) in [5, 5.41) is 10.0. The summed E-state index contributed by atoms with van der Waals surface area (Å²) in [7, 11) is 0. The van der Waals surface area contributed by atoms with Crippen LogP contribution in [0.2, 0.25) is 0 Å². The minimum Gasteiger partial charge on any atom is -0.512 e. The highest BCUT2D eigenvalue weighted by Crippen LogP contribution is 2.25. The highest BCUT2D eigenvalue weighted by Gasteiger charge is 2.16. The molecule has 0 amide bonds. The van der Waals surface area contributed by atoms with Gasteiger partial charge >= 0.3 is 0 Å². The molecule has 0 saturated carbocycles. The summed E-state index contributed by atoms with van der Waals surface area (Å²) >= 11 is 0. The fraction of sp³-hybridized carbons (Fsp3) is 0.412. The molecule has 1 rings (SSSR count). The molecule has 1 aromatic carbocycles. The second kappa shape index (κ2) is 6.44. The van der Waals surface area contributed by atoms with Crippen molar-refractivity contribution in [3.8, 4) is 0 Å². The van der Waals surface area contributed by atoms with E-state index in [0.717, 1.165) is 6.42 Å². The molecule has 1 nitrogen and oxygen atoms in total. The minimum absolute atomic E-state index is 0.173. The van der Waals surface area contributed by atoms with Crippen molar-refractivity contribution in [2.45, 2.75) is 34.1 Å². The van der Waals surface area contributed by atoms with E-state index in [4.69, 9.17) is 0 Å². The first-order valence-corrected chi connectivity index (χ1v) is 6.58. The number of allylic oxidation sites excluding steroid dienone is 3. The second-order valence-corrected chi connectivity index (χ2v) is 5.64. The first-order valence-electron chi connectivity index (χ1n) is 6.58. The summed E-state index contributed by atoms with van der Waals surface area (Å²) < 4.78 is 0. The third kappa shape index (κ3) is 4.79. The van der Waals surface area contributed by atoms with Crippen molar-refractivity contribution in [2.75, 3.05) is 0 Å². The lowest BCUT2D eigenvalue weighted by Gasteiger charge is -2.18. The summed E-state index contributed by atoms with van der Waals surface area (Å²) in [6.07, 6.45) is 7.21. The topological polar surface area (TPSA) is 20.2 Å². The molecule has 0 spiro atoms. The van der Waals surface area contributed by atoms with E-state index in [1.54, 1.807) is 0 Å². The van der Waals surface area contributed by atoms with Crippen molar-refractivity contribution in [3.63, 3.8) is 0 Å². The first-order chi connectivity index (χ1) is 8.43. The van der Waals surface area contributed by atoms with Crippen molar-refractivity contribution >= 4 is 6.08 Å². The quantitative estimate of drug-likeness (QED) is 0.720. The van der Waals surface area contributed by atoms with Gasteiger partial charge in [-0.25, -0.2) is 0 Å². The zero-order valence-electron chi connectivity index (χ0n) is 11.9. The smallest absolute Gasteiger partial charge is 0.0942 e. The Hall–Kier alpha value is -1.50. The van der Waals surface area contributed by atoms with E-state index in [9.17, 15) is 5.11 Å². The molecule has 1 N–H and O–H groups in total. The highest BCUT2D eigenvalue weighted by molar-refractivity contribution is 5.49. The molecule has 0 bridgehead atoms. The molecule has 0 aromatic heterocycles. The summed E-state index contributed by atoms with van der Waals surface area (Å²) in [5.74, 6) is 0.747. The van der Waals surface area contributed by atoms with Gasteiger partial charge in [0.15, 0.2) is 0 Å². The largest absolute Gasteiger partial charge is 0.512 e. The van der Waals surface area contributed by atoms with Gasteiger partial charge in [-0.15, -0.1) is 0 Å². The maximum Gasteiger partial charge on any atom is 0.0942 e. The van der Waals surface area contributed by atoms with E-state index in [2.05, 4.69) is 31.2 Å². The van der Waals surface area contributed by atoms with E-state index in [0.29, 0.717) is 5.76 Å². The summed E-state index contributed by atoms with van der Waals surface area (Å²) in [6.45, 7) is 8.19. The Bertz CT molecular complexity index is 407. The van der Waals surface area contributed by atoms with Gasteiger partial charge in [-0.2, -0.15) is 0 Å². The molecule has 0 aliphatic heterocycles. The predicted molar refractivity (Wildman–Crippen MR) is 79.4 cm³/mol. The third-order valence-corrected chi connectivity index (χ3v) is 2.95. The van der Waals surface area contributed by atoms with E-state index in [1.165, 1.54) is 5.56 Å². The molecule has 1 aromatic rings. The molecule has 0 fully saturated rings. The molecule has 98 valence electrons. The number of rotatable bonds is 4. The zero-order valence-corrected chi connectivity index (χ0v) is 11.9. The van der Waals surface area contributed by atoms with Crippen LogP contribution in [0.1, 0.15) is 39.7 Å². The average molecular weight is 244 g/mol. The van der Waals surface area contributed by atoms with Gasteiger partial charge in [0.1, 0.15) is 0 Å². The zero-order chi connectivity index (χ0) is 13.6. The number of aliphatic hydroxyl groups excluding tert-OH is 1. The lowest BCUT2D eigenvalue weighted by molar-refractivity contribution is 0.273. The summed E-state index contributed by atoms with van der Waals surface area (Å²) in [6, 6.07) is 10.2. The summed E-state index contributed by atoms with van der Waals surface area (Å²) in [5.41, 5.74) is 1.02. The van der Waals surface area contributed by atoms with Crippen LogP contribution in [0.15, 0.2) is 48.2 Å². The van der Waals surface area contributed by atoms with E-state index in [-0.39, 0.29) is 11.3 Å². The van der Waals surface area contributed by atoms with Crippen LogP contribution in [0.5, 0.6) is 0 Å². The van der Waals surface area contributed by atoms with Crippen molar-refractivity contribution in [1.29, 1.82) is 0 Å². The van der Waals surface area contributed by atoms with E-state index < -0.39 is 0 Å². The Labute approximate surface area is 111 Å². The molecule has 0 radical (unpaired) electrons. The van der Waals surface area contributed by atoms with Crippen LogP contribution in [0.25, 0.3) is 6.08 Å². The normalized spacial score (nSPS) is 15.0. The van der Waals surface area contributed by atoms with Crippen molar-refractivity contribution in [3.05, 3.63) is 53.8 Å². The van der Waals surface area contributed by atoms with Crippen LogP contribution in [0.3, 0.4) is 0 Å². The van der Waals surface area contributed by atoms with Crippen LogP contribution in [0, 0.1) is 11.3 Å². The molecule has 0 saturated heterocycles. The van der Waals surface area contributed by atoms with Gasteiger partial charge in [-0.1, -0.05) is 70.2 Å². The lowest BCUT2D eigenvalue weighted by atomic mass is 9.90. The lowest BCUT2D eigenvalue weighted by Crippen LogP contribution is -2.10. The molecule has 18 heavy (non-hydrogen) atoms. The number of hydrogen-bond donors (Lipinski definition) is 1. The number of aliphatic hydroxyl groups is 1. The van der Waals surface area contributed by atoms with Crippen molar-refractivity contribution < 1.29 is 5.11 Å². The SMILES string of the molecule is CCC(/C=C(\O)C(C)(C)C)/C=C/c1ccccc1. The monoisotopic (exact) mass is 244 g/mol. The van der Waals surface area contributed by atoms with Crippen molar-refractivity contribution in [2.24, 2.45) is 11.3 Å². The average Bonchev–Trinajstić information content (AvgIpc) is 2.34. The highest BCUT2D eigenvalue weighted by atomic mass is 16.3. The maximum absolute atomic E-state index is 10.0. The van der Waals surface area contributed by atoms with Gasteiger partial charge in [0.05, 0.1) is 5.76 Å². The van der Waals surface area contributed by atoms with Crippen molar-refractivity contribution in [1.82, 2.24) is 0 Å². The third-order valence-electron chi connectivity index (χ3n) is 2.95. The molecule has 1 unspecified atom stereocenters. The Morgan fingerprint density at radius 3 is 2.33 bits per heavy atom. The number of benzene rings is 1. The van der Waals surface area contributed by atoms with Crippen LogP contribution in [0.4, 0.5) is 0 Å². The molecule has 0 aliphatic rings. The van der Waals surface area contributed by atoms with Crippen LogP contribution in [-0.2, 0) is 0 Å². The van der Waals surface area contributed by atoms with Crippen LogP contribution < -0.4 is 0 Å². The molecular weight excluding hydrogens is 220 g/mol. The van der Waals surface area contributed by atoms with Gasteiger partial charge in [0.2, 0.25) is 0 Å². The van der Waals surface area contributed by atoms with Gasteiger partial charge < -0.3 is 5.11 Å². The Balaban J connectivity index is 2.77. The standard InChI is InChI=1S/C17H24O/c1-5-14(13-16(18)17(2,3)4)11-12-15-9-7-6-8-10-15/h6-14,18H,5H2,1-4H3/b12-11+,16-13-. The first kappa shape index (κ1) is 14.6. The second-order valence-electron chi connectivity index (χ2n) is 5.64. The minimum atomic E-state index is -0.173. The van der Waals surface area contributed by atoms with Crippen LogP contribution >= 0.6 is 0 Å². The Kier molecular flexibility index (Phi) is 5.21. The van der Waals surface area contributed by atoms with Gasteiger partial charge in [0, 0.05) is 5.41 Å². The predicted octanol–water partition coefficient (Wildman–Crippen LogP) is 5.21. The van der Waals surface area contributed by atoms with E-state index >= 15 is 0 Å². The number of hydrogen-bond acceptors (Lipinski definition) is 1. The molecule has 0 heterocycles. The molecule has 1 heteroatoms. The van der Waals surface area contributed by atoms with Gasteiger partial charge in [-0.05, 0) is 24.0 Å². The summed E-state index contributed by atoms with van der Waals surface area (Å²) in [4.78, 5) is 0. The van der Waals surface area contributed by atoms with Gasteiger partial charge in [-0.3, -0.25) is 0 Å². The fourth-order valence-corrected chi connectivity index (χ4v) is 1.56. The van der Waals surface area contributed by atoms with Crippen LogP contribution in [-0.4, -0.2) is 5.11 Å². The van der Waals surface area contributed by atoms with Gasteiger partial charge in [0.25, 0.3) is 0 Å². The maximum atomic E-state index is 10.0. The Morgan fingerprint density at radius 1 is 1.22 bits per heavy atom. The Morgan fingerprint density at radius 2 is 1.83 bits per heavy atom. The van der Waals surface area contributed by atoms with E-state index in [1.807, 2.05) is 45.0 Å². The molecule has 1 atom stereocenters. The molecular formula is C17H24O.